The van der Waals surface area contributed by atoms with Crippen molar-refractivity contribution in [1.29, 1.82) is 0 Å². The Kier molecular flexibility index (Phi) is 4.84. The van der Waals surface area contributed by atoms with Crippen LogP contribution in [-0.2, 0) is 14.8 Å². The SMILES string of the molecule is CN(C)CCN1C[C@@H](NS(C)(=O)=O)[C@H]2OCCC[C@H]21. The Hall–Kier alpha value is -0.210. The lowest BCUT2D eigenvalue weighted by molar-refractivity contribution is -0.0186. The van der Waals surface area contributed by atoms with Crippen LogP contribution in [0.15, 0.2) is 0 Å². The molecule has 7 heteroatoms. The summed E-state index contributed by atoms with van der Waals surface area (Å²) in [6.45, 7) is 3.43. The second kappa shape index (κ2) is 6.05. The van der Waals surface area contributed by atoms with Crippen molar-refractivity contribution in [2.45, 2.75) is 31.0 Å². The van der Waals surface area contributed by atoms with Crippen LogP contribution in [0.3, 0.4) is 0 Å². The van der Waals surface area contributed by atoms with E-state index in [1.807, 2.05) is 0 Å². The number of fused-ring (bicyclic) bond motifs is 1. The van der Waals surface area contributed by atoms with Gasteiger partial charge in [0.05, 0.1) is 18.4 Å². The van der Waals surface area contributed by atoms with E-state index in [1.165, 1.54) is 6.26 Å². The fourth-order valence-corrected chi connectivity index (χ4v) is 3.78. The molecule has 112 valence electrons. The normalized spacial score (nSPS) is 32.7. The quantitative estimate of drug-likeness (QED) is 0.728. The molecule has 1 N–H and O–H groups in total. The average Bonchev–Trinajstić information content (AvgIpc) is 2.63. The maximum atomic E-state index is 11.4. The molecule has 0 spiro atoms. The first kappa shape index (κ1) is 15.2. The number of hydrogen-bond donors (Lipinski definition) is 1. The highest BCUT2D eigenvalue weighted by molar-refractivity contribution is 7.88. The Morgan fingerprint density at radius 3 is 2.79 bits per heavy atom. The Morgan fingerprint density at radius 1 is 1.42 bits per heavy atom. The molecule has 0 radical (unpaired) electrons. The number of likely N-dealkylation sites (tertiary alicyclic amines) is 1. The molecule has 0 unspecified atom stereocenters. The topological polar surface area (TPSA) is 61.9 Å². The minimum atomic E-state index is -3.18. The molecule has 2 heterocycles. The van der Waals surface area contributed by atoms with Gasteiger partial charge in [-0.1, -0.05) is 0 Å². The van der Waals surface area contributed by atoms with E-state index in [2.05, 4.69) is 28.6 Å². The molecule has 0 aromatic heterocycles. The Labute approximate surface area is 116 Å². The maximum Gasteiger partial charge on any atom is 0.209 e. The first-order chi connectivity index (χ1) is 8.87. The molecule has 0 amide bonds. The van der Waals surface area contributed by atoms with Crippen LogP contribution in [0.1, 0.15) is 12.8 Å². The number of rotatable bonds is 5. The molecular weight excluding hydrogens is 266 g/mol. The smallest absolute Gasteiger partial charge is 0.209 e. The molecule has 19 heavy (non-hydrogen) atoms. The van der Waals surface area contributed by atoms with Gasteiger partial charge in [0.2, 0.25) is 10.0 Å². The highest BCUT2D eigenvalue weighted by atomic mass is 32.2. The van der Waals surface area contributed by atoms with Crippen molar-refractivity contribution in [3.05, 3.63) is 0 Å². The second-order valence-electron chi connectivity index (χ2n) is 5.84. The molecule has 2 fully saturated rings. The predicted octanol–water partition coefficient (Wildman–Crippen LogP) is -0.671. The van der Waals surface area contributed by atoms with E-state index in [9.17, 15) is 8.42 Å². The molecule has 0 aromatic carbocycles. The summed E-state index contributed by atoms with van der Waals surface area (Å²) in [6.07, 6.45) is 3.38. The summed E-state index contributed by atoms with van der Waals surface area (Å²) in [5.41, 5.74) is 0. The summed E-state index contributed by atoms with van der Waals surface area (Å²) in [4.78, 5) is 4.52. The van der Waals surface area contributed by atoms with Crippen molar-refractivity contribution >= 4 is 10.0 Å². The summed E-state index contributed by atoms with van der Waals surface area (Å²) >= 11 is 0. The zero-order chi connectivity index (χ0) is 14.0. The minimum Gasteiger partial charge on any atom is -0.375 e. The van der Waals surface area contributed by atoms with E-state index in [1.54, 1.807) is 0 Å². The third-order valence-electron chi connectivity index (χ3n) is 3.83. The highest BCUT2D eigenvalue weighted by Crippen LogP contribution is 2.29. The molecule has 2 aliphatic heterocycles. The zero-order valence-electron chi connectivity index (χ0n) is 12.0. The lowest BCUT2D eigenvalue weighted by atomic mass is 10.0. The van der Waals surface area contributed by atoms with Crippen molar-refractivity contribution in [2.24, 2.45) is 0 Å². The largest absolute Gasteiger partial charge is 0.375 e. The first-order valence-electron chi connectivity index (χ1n) is 6.84. The van der Waals surface area contributed by atoms with Crippen LogP contribution in [0.25, 0.3) is 0 Å². The predicted molar refractivity (Wildman–Crippen MR) is 74.7 cm³/mol. The molecule has 0 aromatic rings. The molecule has 0 saturated carbocycles. The summed E-state index contributed by atoms with van der Waals surface area (Å²) in [7, 11) is 0.926. The minimum absolute atomic E-state index is 0.00522. The van der Waals surface area contributed by atoms with E-state index < -0.39 is 10.0 Å². The number of nitrogens with one attached hydrogen (secondary N) is 1. The van der Waals surface area contributed by atoms with Crippen LogP contribution < -0.4 is 4.72 Å². The monoisotopic (exact) mass is 291 g/mol. The van der Waals surface area contributed by atoms with Crippen molar-refractivity contribution in [1.82, 2.24) is 14.5 Å². The van der Waals surface area contributed by atoms with Gasteiger partial charge in [-0.3, -0.25) is 4.90 Å². The van der Waals surface area contributed by atoms with Crippen LogP contribution in [-0.4, -0.2) is 83.0 Å². The lowest BCUT2D eigenvalue weighted by Crippen LogP contribution is -2.47. The van der Waals surface area contributed by atoms with Gasteiger partial charge in [-0.2, -0.15) is 0 Å². The van der Waals surface area contributed by atoms with Gasteiger partial charge in [-0.25, -0.2) is 13.1 Å². The van der Waals surface area contributed by atoms with Gasteiger partial charge in [0.1, 0.15) is 0 Å². The summed E-state index contributed by atoms with van der Waals surface area (Å²) < 4.78 is 31.4. The molecule has 3 atom stereocenters. The fourth-order valence-electron chi connectivity index (χ4n) is 3.02. The lowest BCUT2D eigenvalue weighted by Gasteiger charge is -2.32. The molecule has 2 saturated heterocycles. The highest BCUT2D eigenvalue weighted by Gasteiger charge is 2.44. The number of hydrogen-bond acceptors (Lipinski definition) is 5. The summed E-state index contributed by atoms with van der Waals surface area (Å²) in [5, 5.41) is 0. The van der Waals surface area contributed by atoms with Crippen LogP contribution in [0, 0.1) is 0 Å². The molecule has 6 nitrogen and oxygen atoms in total. The van der Waals surface area contributed by atoms with Gasteiger partial charge in [0.25, 0.3) is 0 Å². The van der Waals surface area contributed by atoms with Gasteiger partial charge >= 0.3 is 0 Å². The summed E-state index contributed by atoms with van der Waals surface area (Å²) in [6, 6.07) is 0.246. The van der Waals surface area contributed by atoms with Gasteiger partial charge in [-0.15, -0.1) is 0 Å². The van der Waals surface area contributed by atoms with E-state index >= 15 is 0 Å². The van der Waals surface area contributed by atoms with Gasteiger partial charge in [0.15, 0.2) is 0 Å². The van der Waals surface area contributed by atoms with Crippen molar-refractivity contribution in [2.75, 3.05) is 46.6 Å². The third kappa shape index (κ3) is 4.13. The van der Waals surface area contributed by atoms with Crippen molar-refractivity contribution in [3.63, 3.8) is 0 Å². The Bertz CT molecular complexity index is 399. The van der Waals surface area contributed by atoms with E-state index in [4.69, 9.17) is 4.74 Å². The maximum absolute atomic E-state index is 11.4. The van der Waals surface area contributed by atoms with E-state index in [0.717, 1.165) is 39.1 Å². The fraction of sp³-hybridized carbons (Fsp3) is 1.00. The van der Waals surface area contributed by atoms with Crippen LogP contribution in [0.2, 0.25) is 0 Å². The van der Waals surface area contributed by atoms with Crippen molar-refractivity contribution < 1.29 is 13.2 Å². The Balaban J connectivity index is 2.02. The van der Waals surface area contributed by atoms with E-state index in [-0.39, 0.29) is 12.1 Å². The number of ether oxygens (including phenoxy) is 1. The zero-order valence-corrected chi connectivity index (χ0v) is 12.8. The van der Waals surface area contributed by atoms with Crippen LogP contribution in [0.5, 0.6) is 0 Å². The van der Waals surface area contributed by atoms with Crippen LogP contribution >= 0.6 is 0 Å². The van der Waals surface area contributed by atoms with Gasteiger partial charge < -0.3 is 9.64 Å². The number of likely N-dealkylation sites (N-methyl/N-ethyl adjacent to an activating group) is 1. The summed E-state index contributed by atoms with van der Waals surface area (Å²) in [5.74, 6) is 0. The van der Waals surface area contributed by atoms with Crippen molar-refractivity contribution in [3.8, 4) is 0 Å². The standard InChI is InChI=1S/C12H25N3O3S/c1-14(2)6-7-15-9-10(13-19(3,16)17)12-11(15)5-4-8-18-12/h10-13H,4-9H2,1-3H3/t10-,11-,12-/m1/s1. The van der Waals surface area contributed by atoms with Gasteiger partial charge in [-0.05, 0) is 26.9 Å². The van der Waals surface area contributed by atoms with E-state index in [0.29, 0.717) is 6.04 Å². The third-order valence-corrected chi connectivity index (χ3v) is 4.56. The number of sulfonamides is 1. The molecular formula is C12H25N3O3S. The molecule has 2 aliphatic rings. The van der Waals surface area contributed by atoms with Gasteiger partial charge in [0, 0.05) is 32.3 Å². The molecule has 2 rings (SSSR count). The number of nitrogens with zero attached hydrogens (tertiary/aromatic N) is 2. The Morgan fingerprint density at radius 2 is 2.16 bits per heavy atom. The molecule has 0 aliphatic carbocycles. The average molecular weight is 291 g/mol. The second-order valence-corrected chi connectivity index (χ2v) is 7.62. The first-order valence-corrected chi connectivity index (χ1v) is 8.73. The van der Waals surface area contributed by atoms with Crippen LogP contribution in [0.4, 0.5) is 0 Å². The molecule has 0 bridgehead atoms.